The van der Waals surface area contributed by atoms with Crippen molar-refractivity contribution in [1.82, 2.24) is 9.80 Å². The van der Waals surface area contributed by atoms with E-state index < -0.39 is 16.6 Å². The van der Waals surface area contributed by atoms with Gasteiger partial charge in [-0.2, -0.15) is 0 Å². The molecule has 0 bridgehead atoms. The fourth-order valence-electron chi connectivity index (χ4n) is 2.31. The third-order valence-corrected chi connectivity index (χ3v) is 3.57. The molecule has 1 fully saturated rings. The van der Waals surface area contributed by atoms with E-state index in [1.165, 1.54) is 4.90 Å². The van der Waals surface area contributed by atoms with Gasteiger partial charge in [-0.1, -0.05) is 0 Å². The van der Waals surface area contributed by atoms with Crippen LogP contribution in [0.4, 0.5) is 10.1 Å². The van der Waals surface area contributed by atoms with Gasteiger partial charge in [-0.3, -0.25) is 14.9 Å². The Morgan fingerprint density at radius 2 is 2.20 bits per heavy atom. The van der Waals surface area contributed by atoms with Gasteiger partial charge in [0.2, 0.25) is 0 Å². The van der Waals surface area contributed by atoms with Gasteiger partial charge in [-0.05, 0) is 26.6 Å². The molecule has 0 aliphatic carbocycles. The fraction of sp³-hybridized carbons (Fsp3) is 0.462. The van der Waals surface area contributed by atoms with Gasteiger partial charge in [0.05, 0.1) is 10.5 Å². The highest BCUT2D eigenvalue weighted by atomic mass is 19.1. The molecule has 7 heteroatoms. The maximum absolute atomic E-state index is 13.7. The number of benzene rings is 1. The predicted octanol–water partition coefficient (Wildman–Crippen LogP) is 1.51. The summed E-state index contributed by atoms with van der Waals surface area (Å²) in [4.78, 5) is 25.9. The molecule has 0 aromatic heterocycles. The summed E-state index contributed by atoms with van der Waals surface area (Å²) in [5, 5.41) is 10.7. The fourth-order valence-corrected chi connectivity index (χ4v) is 2.31. The van der Waals surface area contributed by atoms with Crippen molar-refractivity contribution in [2.45, 2.75) is 12.5 Å². The third-order valence-electron chi connectivity index (χ3n) is 3.57. The van der Waals surface area contributed by atoms with Crippen LogP contribution in [0.1, 0.15) is 16.8 Å². The normalized spacial score (nSPS) is 18.6. The number of halogens is 1. The molecular formula is C13H16FN3O3. The van der Waals surface area contributed by atoms with Crippen molar-refractivity contribution < 1.29 is 14.1 Å². The quantitative estimate of drug-likeness (QED) is 0.622. The third kappa shape index (κ3) is 2.77. The Balaban J connectivity index is 2.21. The average Bonchev–Trinajstić information content (AvgIpc) is 2.88. The minimum absolute atomic E-state index is 0.237. The lowest BCUT2D eigenvalue weighted by Gasteiger charge is -2.20. The first kappa shape index (κ1) is 14.4. The molecule has 0 spiro atoms. The van der Waals surface area contributed by atoms with Gasteiger partial charge >= 0.3 is 0 Å². The molecule has 1 saturated heterocycles. The average molecular weight is 281 g/mol. The molecule has 6 nitrogen and oxygen atoms in total. The van der Waals surface area contributed by atoms with Crippen molar-refractivity contribution in [3.63, 3.8) is 0 Å². The monoisotopic (exact) mass is 281 g/mol. The van der Waals surface area contributed by atoms with E-state index in [0.717, 1.165) is 24.6 Å². The molecule has 0 radical (unpaired) electrons. The van der Waals surface area contributed by atoms with Crippen LogP contribution in [0, 0.1) is 15.9 Å². The first-order valence-corrected chi connectivity index (χ1v) is 6.30. The molecule has 1 aliphatic rings. The number of likely N-dealkylation sites (N-methyl/N-ethyl adjacent to an activating group) is 1. The van der Waals surface area contributed by atoms with Gasteiger partial charge in [-0.15, -0.1) is 0 Å². The molecule has 1 heterocycles. The van der Waals surface area contributed by atoms with Crippen LogP contribution in [-0.2, 0) is 0 Å². The molecular weight excluding hydrogens is 265 g/mol. The molecule has 108 valence electrons. The Labute approximate surface area is 115 Å². The van der Waals surface area contributed by atoms with E-state index in [1.54, 1.807) is 0 Å². The summed E-state index contributed by atoms with van der Waals surface area (Å²) in [6.07, 6.45) is 0.815. The van der Waals surface area contributed by atoms with E-state index in [0.29, 0.717) is 13.1 Å². The highest BCUT2D eigenvalue weighted by Gasteiger charge is 2.30. The van der Waals surface area contributed by atoms with E-state index in [9.17, 15) is 19.3 Å². The van der Waals surface area contributed by atoms with Gasteiger partial charge < -0.3 is 9.80 Å². The number of hydrogen-bond donors (Lipinski definition) is 0. The maximum Gasteiger partial charge on any atom is 0.270 e. The first-order valence-electron chi connectivity index (χ1n) is 6.30. The Kier molecular flexibility index (Phi) is 3.99. The Bertz CT molecular complexity index is 548. The van der Waals surface area contributed by atoms with Crippen LogP contribution < -0.4 is 0 Å². The number of carbonyl (C=O) groups excluding carboxylic acids is 1. The summed E-state index contributed by atoms with van der Waals surface area (Å²) in [5.41, 5.74) is -0.517. The van der Waals surface area contributed by atoms with E-state index in [4.69, 9.17) is 0 Å². The number of nitro benzene ring substituents is 1. The van der Waals surface area contributed by atoms with Crippen LogP contribution in [-0.4, -0.2) is 53.9 Å². The van der Waals surface area contributed by atoms with Crippen molar-refractivity contribution in [3.8, 4) is 0 Å². The zero-order valence-corrected chi connectivity index (χ0v) is 11.4. The number of rotatable bonds is 3. The van der Waals surface area contributed by atoms with E-state index >= 15 is 0 Å². The summed E-state index contributed by atoms with van der Waals surface area (Å²) < 4.78 is 13.7. The smallest absolute Gasteiger partial charge is 0.270 e. The molecule has 1 amide bonds. The van der Waals surface area contributed by atoms with Crippen molar-refractivity contribution in [2.75, 3.05) is 27.2 Å². The number of nitrogens with zero attached hydrogens (tertiary/aromatic N) is 3. The Hall–Kier alpha value is -2.02. The zero-order chi connectivity index (χ0) is 14.9. The van der Waals surface area contributed by atoms with Crippen LogP contribution in [0.2, 0.25) is 0 Å². The zero-order valence-electron chi connectivity index (χ0n) is 11.4. The molecule has 1 aromatic carbocycles. The van der Waals surface area contributed by atoms with Crippen LogP contribution >= 0.6 is 0 Å². The Morgan fingerprint density at radius 3 is 2.75 bits per heavy atom. The SMILES string of the molecule is CN(C)C1CCN(C(=O)c2cc([N+](=O)[O-])ccc2F)C1. The largest absolute Gasteiger partial charge is 0.337 e. The number of hydrogen-bond acceptors (Lipinski definition) is 4. The summed E-state index contributed by atoms with van der Waals surface area (Å²) >= 11 is 0. The number of nitro groups is 1. The lowest BCUT2D eigenvalue weighted by atomic mass is 10.1. The van der Waals surface area contributed by atoms with Gasteiger partial charge in [0.25, 0.3) is 11.6 Å². The second-order valence-corrected chi connectivity index (χ2v) is 5.08. The second kappa shape index (κ2) is 5.54. The van der Waals surface area contributed by atoms with Crippen LogP contribution in [0.3, 0.4) is 0 Å². The number of carbonyl (C=O) groups is 1. The molecule has 1 aromatic rings. The summed E-state index contributed by atoms with van der Waals surface area (Å²) in [6.45, 7) is 1.04. The summed E-state index contributed by atoms with van der Waals surface area (Å²) in [6, 6.07) is 3.25. The number of likely N-dealkylation sites (tertiary alicyclic amines) is 1. The maximum atomic E-state index is 13.7. The minimum atomic E-state index is -0.728. The van der Waals surface area contributed by atoms with Crippen LogP contribution in [0.5, 0.6) is 0 Å². The van der Waals surface area contributed by atoms with Crippen molar-refractivity contribution in [2.24, 2.45) is 0 Å². The molecule has 1 aliphatic heterocycles. The summed E-state index contributed by atoms with van der Waals surface area (Å²) in [7, 11) is 3.85. The van der Waals surface area contributed by atoms with Gasteiger partial charge in [-0.25, -0.2) is 4.39 Å². The standard InChI is InChI=1S/C13H16FN3O3/c1-15(2)10-5-6-16(8-10)13(18)11-7-9(17(19)20)3-4-12(11)14/h3-4,7,10H,5-6,8H2,1-2H3. The Morgan fingerprint density at radius 1 is 1.50 bits per heavy atom. The molecule has 0 N–H and O–H groups in total. The van der Waals surface area contributed by atoms with E-state index in [2.05, 4.69) is 0 Å². The van der Waals surface area contributed by atoms with Crippen molar-refractivity contribution >= 4 is 11.6 Å². The van der Waals surface area contributed by atoms with E-state index in [-0.39, 0.29) is 17.3 Å². The minimum Gasteiger partial charge on any atom is -0.337 e. The number of non-ortho nitro benzene ring substituents is 1. The van der Waals surface area contributed by atoms with Crippen molar-refractivity contribution in [1.29, 1.82) is 0 Å². The van der Waals surface area contributed by atoms with Gasteiger partial charge in [0.15, 0.2) is 0 Å². The van der Waals surface area contributed by atoms with E-state index in [1.807, 2.05) is 19.0 Å². The lowest BCUT2D eigenvalue weighted by Crippen LogP contribution is -2.34. The van der Waals surface area contributed by atoms with Crippen LogP contribution in [0.25, 0.3) is 0 Å². The van der Waals surface area contributed by atoms with Gasteiger partial charge in [0.1, 0.15) is 5.82 Å². The summed E-state index contributed by atoms with van der Waals surface area (Å²) in [5.74, 6) is -1.22. The van der Waals surface area contributed by atoms with Crippen molar-refractivity contribution in [3.05, 3.63) is 39.7 Å². The predicted molar refractivity (Wildman–Crippen MR) is 71.0 cm³/mol. The van der Waals surface area contributed by atoms with Crippen LogP contribution in [0.15, 0.2) is 18.2 Å². The second-order valence-electron chi connectivity index (χ2n) is 5.08. The molecule has 1 atom stereocenters. The number of amides is 1. The highest BCUT2D eigenvalue weighted by molar-refractivity contribution is 5.95. The highest BCUT2D eigenvalue weighted by Crippen LogP contribution is 2.21. The molecule has 1 unspecified atom stereocenters. The molecule has 0 saturated carbocycles. The molecule has 2 rings (SSSR count). The molecule has 20 heavy (non-hydrogen) atoms. The topological polar surface area (TPSA) is 66.7 Å². The first-order chi connectivity index (χ1) is 9.40. The lowest BCUT2D eigenvalue weighted by molar-refractivity contribution is -0.384. The van der Waals surface area contributed by atoms with Gasteiger partial charge in [0, 0.05) is 31.3 Å².